The number of nitrogens with zero attached hydrogens (tertiary/aromatic N) is 1. The fraction of sp³-hybridized carbons (Fsp3) is 0.500. The van der Waals surface area contributed by atoms with Gasteiger partial charge in [-0.05, 0) is 41.4 Å². The van der Waals surface area contributed by atoms with Gasteiger partial charge in [0.1, 0.15) is 10.4 Å². The van der Waals surface area contributed by atoms with Gasteiger partial charge in [-0.15, -0.1) is 0 Å². The normalized spacial score (nSPS) is 11.9. The zero-order valence-electron chi connectivity index (χ0n) is 10.1. The van der Waals surface area contributed by atoms with Crippen molar-refractivity contribution in [3.8, 4) is 5.75 Å². The molecule has 1 unspecified atom stereocenters. The fourth-order valence-corrected chi connectivity index (χ4v) is 1.46. The van der Waals surface area contributed by atoms with Crippen molar-refractivity contribution in [1.29, 1.82) is 0 Å². The van der Waals surface area contributed by atoms with Crippen LogP contribution in [0.25, 0.3) is 0 Å². The molecule has 5 heteroatoms. The number of pyridine rings is 1. The molecule has 0 aliphatic carbocycles. The third kappa shape index (κ3) is 5.17. The van der Waals surface area contributed by atoms with E-state index >= 15 is 0 Å². The minimum atomic E-state index is -0.505. The number of unbranched alkanes of at least 4 members (excludes halogenated alkanes) is 1. The van der Waals surface area contributed by atoms with Crippen molar-refractivity contribution in [2.45, 2.75) is 32.8 Å². The molecule has 0 aromatic carbocycles. The Morgan fingerprint density at radius 3 is 2.94 bits per heavy atom. The molecule has 0 spiro atoms. The topological polar surface area (TPSA) is 51.2 Å². The van der Waals surface area contributed by atoms with Crippen LogP contribution in [0.15, 0.2) is 22.9 Å². The number of ether oxygens (including phenoxy) is 1. The maximum Gasteiger partial charge on any atom is 0.260 e. The van der Waals surface area contributed by atoms with Gasteiger partial charge in [-0.2, -0.15) is 0 Å². The first-order chi connectivity index (χ1) is 8.13. The molecule has 1 amide bonds. The predicted molar refractivity (Wildman–Crippen MR) is 69.9 cm³/mol. The lowest BCUT2D eigenvalue weighted by Crippen LogP contribution is -2.36. The summed E-state index contributed by atoms with van der Waals surface area (Å²) in [7, 11) is 0. The van der Waals surface area contributed by atoms with Crippen LogP contribution in [0.4, 0.5) is 0 Å². The molecule has 94 valence electrons. The summed E-state index contributed by atoms with van der Waals surface area (Å²) in [6, 6.07) is 3.55. The van der Waals surface area contributed by atoms with E-state index in [1.807, 2.05) is 0 Å². The van der Waals surface area contributed by atoms with Crippen molar-refractivity contribution in [3.63, 3.8) is 0 Å². The van der Waals surface area contributed by atoms with E-state index in [-0.39, 0.29) is 5.91 Å². The van der Waals surface area contributed by atoms with Gasteiger partial charge in [0, 0.05) is 6.54 Å². The molecule has 0 saturated carbocycles. The molecule has 0 bridgehead atoms. The molecule has 17 heavy (non-hydrogen) atoms. The lowest BCUT2D eigenvalue weighted by molar-refractivity contribution is -0.127. The average Bonchev–Trinajstić information content (AvgIpc) is 2.32. The number of aromatic nitrogens is 1. The predicted octanol–water partition coefficient (Wildman–Crippen LogP) is 2.53. The molecule has 1 heterocycles. The van der Waals surface area contributed by atoms with Gasteiger partial charge in [0.05, 0.1) is 6.20 Å². The molecule has 4 nitrogen and oxygen atoms in total. The maximum absolute atomic E-state index is 11.6. The van der Waals surface area contributed by atoms with Crippen LogP contribution in [-0.2, 0) is 4.79 Å². The molecule has 0 aliphatic heterocycles. The average molecular weight is 301 g/mol. The zero-order chi connectivity index (χ0) is 12.7. The minimum absolute atomic E-state index is 0.0960. The number of amides is 1. The third-order valence-electron chi connectivity index (χ3n) is 2.21. The van der Waals surface area contributed by atoms with Gasteiger partial charge in [0.2, 0.25) is 0 Å². The van der Waals surface area contributed by atoms with Gasteiger partial charge in [0.25, 0.3) is 5.91 Å². The molecule has 1 aromatic rings. The van der Waals surface area contributed by atoms with Gasteiger partial charge in [-0.1, -0.05) is 13.3 Å². The largest absolute Gasteiger partial charge is 0.479 e. The molecule has 1 N–H and O–H groups in total. The monoisotopic (exact) mass is 300 g/mol. The van der Waals surface area contributed by atoms with Crippen LogP contribution >= 0.6 is 15.9 Å². The van der Waals surface area contributed by atoms with Crippen molar-refractivity contribution < 1.29 is 9.53 Å². The van der Waals surface area contributed by atoms with Gasteiger partial charge >= 0.3 is 0 Å². The first kappa shape index (κ1) is 14.0. The molecular weight excluding hydrogens is 284 g/mol. The van der Waals surface area contributed by atoms with E-state index in [2.05, 4.69) is 33.2 Å². The Labute approximate surface area is 110 Å². The molecule has 0 aliphatic rings. The summed E-state index contributed by atoms with van der Waals surface area (Å²) in [6.45, 7) is 4.50. The Morgan fingerprint density at radius 1 is 1.59 bits per heavy atom. The number of rotatable bonds is 6. The summed E-state index contributed by atoms with van der Waals surface area (Å²) in [5.74, 6) is 0.493. The molecule has 0 radical (unpaired) electrons. The Balaban J connectivity index is 2.40. The van der Waals surface area contributed by atoms with Crippen LogP contribution in [0.3, 0.4) is 0 Å². The van der Waals surface area contributed by atoms with Gasteiger partial charge in [0.15, 0.2) is 6.10 Å². The van der Waals surface area contributed by atoms with E-state index in [4.69, 9.17) is 4.74 Å². The van der Waals surface area contributed by atoms with E-state index in [1.165, 1.54) is 0 Å². The number of halogens is 1. The first-order valence-corrected chi connectivity index (χ1v) is 6.48. The van der Waals surface area contributed by atoms with Gasteiger partial charge in [-0.25, -0.2) is 4.98 Å². The maximum atomic E-state index is 11.6. The van der Waals surface area contributed by atoms with E-state index in [0.717, 1.165) is 17.4 Å². The molecule has 1 rings (SSSR count). The van der Waals surface area contributed by atoms with Crippen molar-refractivity contribution >= 4 is 21.8 Å². The fourth-order valence-electron chi connectivity index (χ4n) is 1.22. The van der Waals surface area contributed by atoms with Crippen molar-refractivity contribution in [2.75, 3.05) is 6.54 Å². The van der Waals surface area contributed by atoms with E-state index in [9.17, 15) is 4.79 Å². The van der Waals surface area contributed by atoms with E-state index in [0.29, 0.717) is 12.3 Å². The summed E-state index contributed by atoms with van der Waals surface area (Å²) < 4.78 is 6.21. The van der Waals surface area contributed by atoms with Crippen LogP contribution in [0.5, 0.6) is 5.75 Å². The number of carbonyl (C=O) groups excluding carboxylic acids is 1. The van der Waals surface area contributed by atoms with Crippen LogP contribution in [0.1, 0.15) is 26.7 Å². The van der Waals surface area contributed by atoms with Crippen molar-refractivity contribution in [1.82, 2.24) is 10.3 Å². The lowest BCUT2D eigenvalue weighted by atomic mass is 10.3. The second-order valence-corrected chi connectivity index (χ2v) is 4.53. The highest BCUT2D eigenvalue weighted by Gasteiger charge is 2.13. The van der Waals surface area contributed by atoms with Crippen molar-refractivity contribution in [3.05, 3.63) is 22.9 Å². The van der Waals surface area contributed by atoms with Crippen LogP contribution in [0, 0.1) is 0 Å². The Morgan fingerprint density at radius 2 is 2.35 bits per heavy atom. The highest BCUT2D eigenvalue weighted by molar-refractivity contribution is 9.10. The zero-order valence-corrected chi connectivity index (χ0v) is 11.7. The van der Waals surface area contributed by atoms with E-state index < -0.39 is 6.10 Å². The standard InChI is InChI=1S/C12H17BrN2O2/c1-3-4-7-14-12(16)9(2)17-10-5-6-11(13)15-8-10/h5-6,8-9H,3-4,7H2,1-2H3,(H,14,16). The summed E-state index contributed by atoms with van der Waals surface area (Å²) in [6.07, 6.45) is 3.12. The first-order valence-electron chi connectivity index (χ1n) is 5.69. The van der Waals surface area contributed by atoms with Crippen LogP contribution < -0.4 is 10.1 Å². The minimum Gasteiger partial charge on any atom is -0.479 e. The van der Waals surface area contributed by atoms with Crippen molar-refractivity contribution in [2.24, 2.45) is 0 Å². The van der Waals surface area contributed by atoms with Crippen LogP contribution in [-0.4, -0.2) is 23.5 Å². The number of hydrogen-bond acceptors (Lipinski definition) is 3. The number of hydrogen-bond donors (Lipinski definition) is 1. The van der Waals surface area contributed by atoms with Gasteiger partial charge in [-0.3, -0.25) is 4.79 Å². The summed E-state index contributed by atoms with van der Waals surface area (Å²) in [5.41, 5.74) is 0. The summed E-state index contributed by atoms with van der Waals surface area (Å²) in [5, 5.41) is 2.82. The molecule has 0 saturated heterocycles. The Hall–Kier alpha value is -1.10. The molecular formula is C12H17BrN2O2. The highest BCUT2D eigenvalue weighted by atomic mass is 79.9. The second kappa shape index (κ2) is 7.27. The summed E-state index contributed by atoms with van der Waals surface area (Å²) in [4.78, 5) is 15.7. The Kier molecular flexibility index (Phi) is 5.97. The SMILES string of the molecule is CCCCNC(=O)C(C)Oc1ccc(Br)nc1. The van der Waals surface area contributed by atoms with Gasteiger partial charge < -0.3 is 10.1 Å². The number of nitrogens with one attached hydrogen (secondary N) is 1. The Bertz CT molecular complexity index is 354. The smallest absolute Gasteiger partial charge is 0.260 e. The summed E-state index contributed by atoms with van der Waals surface area (Å²) >= 11 is 3.24. The van der Waals surface area contributed by atoms with Crippen LogP contribution in [0.2, 0.25) is 0 Å². The highest BCUT2D eigenvalue weighted by Crippen LogP contribution is 2.14. The third-order valence-corrected chi connectivity index (χ3v) is 2.68. The molecule has 1 atom stereocenters. The lowest BCUT2D eigenvalue weighted by Gasteiger charge is -2.14. The quantitative estimate of drug-likeness (QED) is 0.649. The van der Waals surface area contributed by atoms with E-state index in [1.54, 1.807) is 25.3 Å². The number of carbonyl (C=O) groups is 1. The molecule has 0 fully saturated rings. The second-order valence-electron chi connectivity index (χ2n) is 3.72. The molecule has 1 aromatic heterocycles.